The van der Waals surface area contributed by atoms with Gasteiger partial charge in [-0.1, -0.05) is 23.2 Å². The number of hydrogen-bond donors (Lipinski definition) is 3. The lowest BCUT2D eigenvalue weighted by atomic mass is 9.92. The highest BCUT2D eigenvalue weighted by Crippen LogP contribution is 2.33. The molecule has 10 heteroatoms. The van der Waals surface area contributed by atoms with E-state index in [1.54, 1.807) is 18.2 Å². The Morgan fingerprint density at radius 3 is 2.42 bits per heavy atom. The fourth-order valence-corrected chi connectivity index (χ4v) is 4.93. The van der Waals surface area contributed by atoms with Crippen LogP contribution < -0.4 is 21.1 Å². The Bertz CT molecular complexity index is 1070. The van der Waals surface area contributed by atoms with Crippen LogP contribution in [0.4, 0.5) is 17.5 Å². The first-order valence-corrected chi connectivity index (χ1v) is 11.0. The van der Waals surface area contributed by atoms with Crippen LogP contribution in [0.3, 0.4) is 0 Å². The van der Waals surface area contributed by atoms with E-state index in [4.69, 9.17) is 23.2 Å². The largest absolute Gasteiger partial charge is 0.337 e. The minimum atomic E-state index is -0.983. The summed E-state index contributed by atoms with van der Waals surface area (Å²) in [7, 11) is 0. The van der Waals surface area contributed by atoms with Crippen LogP contribution in [0, 0.1) is 0 Å². The standard InChI is InChI=1S/C21H23Cl2N5O3/c1-10-4-3-5-11(2)28(10)21-26-18-17(20(31)27-21)15(9-16(29)25-18)19(30)24-14-7-12(22)6-13(23)8-14/h6-8,10-11,15H,3-5,9H2,1-2H3,(H,24,30)(H2,25,26,27,29,31). The Morgan fingerprint density at radius 2 is 1.77 bits per heavy atom. The zero-order chi connectivity index (χ0) is 22.3. The van der Waals surface area contributed by atoms with Gasteiger partial charge in [-0.15, -0.1) is 0 Å². The molecule has 3 heterocycles. The average Bonchev–Trinajstić information content (AvgIpc) is 2.66. The van der Waals surface area contributed by atoms with Gasteiger partial charge in [0.25, 0.3) is 5.56 Å². The Kier molecular flexibility index (Phi) is 5.94. The van der Waals surface area contributed by atoms with E-state index in [-0.39, 0.29) is 35.8 Å². The van der Waals surface area contributed by atoms with Gasteiger partial charge in [-0.25, -0.2) is 0 Å². The summed E-state index contributed by atoms with van der Waals surface area (Å²) in [6.07, 6.45) is 2.93. The zero-order valence-corrected chi connectivity index (χ0v) is 18.7. The number of carbonyl (C=O) groups is 2. The van der Waals surface area contributed by atoms with Crippen molar-refractivity contribution < 1.29 is 9.59 Å². The summed E-state index contributed by atoms with van der Waals surface area (Å²) >= 11 is 12.0. The van der Waals surface area contributed by atoms with E-state index in [9.17, 15) is 14.4 Å². The number of fused-ring (bicyclic) bond motifs is 1. The maximum absolute atomic E-state index is 13.0. The average molecular weight is 464 g/mol. The molecule has 31 heavy (non-hydrogen) atoms. The maximum atomic E-state index is 13.0. The van der Waals surface area contributed by atoms with E-state index in [1.807, 2.05) is 0 Å². The molecule has 1 fully saturated rings. The highest BCUT2D eigenvalue weighted by molar-refractivity contribution is 6.35. The molecule has 0 saturated carbocycles. The number of halogens is 2. The third-order valence-corrected chi connectivity index (χ3v) is 6.26. The van der Waals surface area contributed by atoms with E-state index in [1.165, 1.54) is 0 Å². The monoisotopic (exact) mass is 463 g/mol. The van der Waals surface area contributed by atoms with Crippen LogP contribution in [0.25, 0.3) is 0 Å². The normalized spacial score (nSPS) is 23.2. The molecule has 2 aromatic rings. The predicted octanol–water partition coefficient (Wildman–Crippen LogP) is 3.91. The molecule has 1 aromatic heterocycles. The number of aromatic amines is 1. The third-order valence-electron chi connectivity index (χ3n) is 5.82. The van der Waals surface area contributed by atoms with Crippen molar-refractivity contribution in [2.75, 3.05) is 15.5 Å². The van der Waals surface area contributed by atoms with Crippen molar-refractivity contribution in [3.05, 3.63) is 44.2 Å². The van der Waals surface area contributed by atoms with Gasteiger partial charge in [0, 0.05) is 34.2 Å². The number of aromatic nitrogens is 2. The van der Waals surface area contributed by atoms with E-state index in [0.29, 0.717) is 21.7 Å². The number of rotatable bonds is 3. The summed E-state index contributed by atoms with van der Waals surface area (Å²) in [5.41, 5.74) is 0.0903. The number of carbonyl (C=O) groups excluding carboxylic acids is 2. The summed E-state index contributed by atoms with van der Waals surface area (Å²) < 4.78 is 0. The lowest BCUT2D eigenvalue weighted by Crippen LogP contribution is -2.46. The first kappa shape index (κ1) is 21.6. The Labute approximate surface area is 189 Å². The molecule has 164 valence electrons. The molecule has 0 radical (unpaired) electrons. The van der Waals surface area contributed by atoms with Crippen LogP contribution >= 0.6 is 23.2 Å². The summed E-state index contributed by atoms with van der Waals surface area (Å²) in [4.78, 5) is 47.8. The van der Waals surface area contributed by atoms with E-state index in [2.05, 4.69) is 39.3 Å². The van der Waals surface area contributed by atoms with Gasteiger partial charge in [0.1, 0.15) is 5.82 Å². The van der Waals surface area contributed by atoms with Gasteiger partial charge in [0.2, 0.25) is 17.8 Å². The number of hydrogen-bond acceptors (Lipinski definition) is 5. The molecular weight excluding hydrogens is 441 g/mol. The van der Waals surface area contributed by atoms with Crippen LogP contribution in [-0.4, -0.2) is 33.9 Å². The van der Waals surface area contributed by atoms with Gasteiger partial charge in [-0.05, 0) is 51.3 Å². The van der Waals surface area contributed by atoms with Crippen molar-refractivity contribution in [1.82, 2.24) is 9.97 Å². The van der Waals surface area contributed by atoms with Crippen molar-refractivity contribution in [3.63, 3.8) is 0 Å². The summed E-state index contributed by atoms with van der Waals surface area (Å²) in [6.45, 7) is 4.17. The van der Waals surface area contributed by atoms with Crippen molar-refractivity contribution in [3.8, 4) is 0 Å². The number of piperidine rings is 1. The number of nitrogens with one attached hydrogen (secondary N) is 3. The first-order chi connectivity index (χ1) is 14.7. The predicted molar refractivity (Wildman–Crippen MR) is 121 cm³/mol. The van der Waals surface area contributed by atoms with Gasteiger partial charge in [0.15, 0.2) is 0 Å². The molecule has 1 aromatic carbocycles. The van der Waals surface area contributed by atoms with Crippen LogP contribution in [0.5, 0.6) is 0 Å². The second-order valence-electron chi connectivity index (χ2n) is 8.14. The molecule has 0 aliphatic carbocycles. The molecule has 0 spiro atoms. The molecule has 2 amide bonds. The fraction of sp³-hybridized carbons (Fsp3) is 0.429. The summed E-state index contributed by atoms with van der Waals surface area (Å²) in [6, 6.07) is 5.03. The van der Waals surface area contributed by atoms with Gasteiger partial charge >= 0.3 is 0 Å². The molecule has 2 aliphatic rings. The molecule has 0 bridgehead atoms. The Hall–Kier alpha value is -2.58. The van der Waals surface area contributed by atoms with Crippen molar-refractivity contribution >= 4 is 52.5 Å². The molecule has 8 nitrogen and oxygen atoms in total. The fourth-order valence-electron chi connectivity index (χ4n) is 4.40. The van der Waals surface area contributed by atoms with Crippen LogP contribution in [-0.2, 0) is 9.59 Å². The second-order valence-corrected chi connectivity index (χ2v) is 9.01. The number of H-pyrrole nitrogens is 1. The lowest BCUT2D eigenvalue weighted by Gasteiger charge is -2.39. The van der Waals surface area contributed by atoms with Gasteiger partial charge in [-0.3, -0.25) is 19.4 Å². The van der Waals surface area contributed by atoms with E-state index in [0.717, 1.165) is 19.3 Å². The number of amides is 2. The SMILES string of the molecule is CC1CCCC(C)N1c1nc2c(c(=O)[nH]1)C(C(=O)Nc1cc(Cl)cc(Cl)c1)CC(=O)N2. The molecule has 3 N–H and O–H groups in total. The van der Waals surface area contributed by atoms with Gasteiger partial charge in [0.05, 0.1) is 11.5 Å². The smallest absolute Gasteiger partial charge is 0.258 e. The van der Waals surface area contributed by atoms with Gasteiger partial charge in [-0.2, -0.15) is 4.98 Å². The van der Waals surface area contributed by atoms with Crippen LogP contribution in [0.1, 0.15) is 51.0 Å². The van der Waals surface area contributed by atoms with Crippen molar-refractivity contribution in [2.45, 2.75) is 57.5 Å². The summed E-state index contributed by atoms with van der Waals surface area (Å²) in [5.74, 6) is -1.33. The minimum Gasteiger partial charge on any atom is -0.337 e. The molecule has 2 aliphatic heterocycles. The first-order valence-electron chi connectivity index (χ1n) is 10.2. The zero-order valence-electron chi connectivity index (χ0n) is 17.2. The molecular formula is C21H23Cl2N5O3. The topological polar surface area (TPSA) is 107 Å². The number of anilines is 3. The Balaban J connectivity index is 1.68. The third kappa shape index (κ3) is 4.41. The van der Waals surface area contributed by atoms with Crippen LogP contribution in [0.15, 0.2) is 23.0 Å². The lowest BCUT2D eigenvalue weighted by molar-refractivity contribution is -0.123. The number of nitrogens with zero attached hydrogens (tertiary/aromatic N) is 2. The minimum absolute atomic E-state index is 0.129. The maximum Gasteiger partial charge on any atom is 0.258 e. The molecule has 4 rings (SSSR count). The van der Waals surface area contributed by atoms with E-state index >= 15 is 0 Å². The highest BCUT2D eigenvalue weighted by atomic mass is 35.5. The van der Waals surface area contributed by atoms with Crippen molar-refractivity contribution in [1.29, 1.82) is 0 Å². The van der Waals surface area contributed by atoms with E-state index < -0.39 is 17.4 Å². The quantitative estimate of drug-likeness (QED) is 0.639. The molecule has 3 atom stereocenters. The highest BCUT2D eigenvalue weighted by Gasteiger charge is 2.36. The Morgan fingerprint density at radius 1 is 1.13 bits per heavy atom. The van der Waals surface area contributed by atoms with Gasteiger partial charge < -0.3 is 15.5 Å². The molecule has 3 unspecified atom stereocenters. The van der Waals surface area contributed by atoms with Crippen LogP contribution in [0.2, 0.25) is 10.0 Å². The second kappa shape index (κ2) is 8.51. The molecule has 1 saturated heterocycles. The number of benzene rings is 1. The summed E-state index contributed by atoms with van der Waals surface area (Å²) in [5, 5.41) is 6.07. The van der Waals surface area contributed by atoms with Crippen molar-refractivity contribution in [2.24, 2.45) is 0 Å².